The van der Waals surface area contributed by atoms with Gasteiger partial charge in [0.05, 0.1) is 6.61 Å². The van der Waals surface area contributed by atoms with Gasteiger partial charge in [0.1, 0.15) is 11.3 Å². The van der Waals surface area contributed by atoms with Crippen LogP contribution in [0.3, 0.4) is 0 Å². The zero-order valence-electron chi connectivity index (χ0n) is 12.0. The van der Waals surface area contributed by atoms with Gasteiger partial charge in [-0.1, -0.05) is 26.2 Å². The Labute approximate surface area is 128 Å². The predicted molar refractivity (Wildman–Crippen MR) is 84.7 cm³/mol. The van der Waals surface area contributed by atoms with Gasteiger partial charge in [-0.15, -0.1) is 0 Å². The molecule has 0 fully saturated rings. The van der Waals surface area contributed by atoms with Crippen molar-refractivity contribution >= 4 is 28.3 Å². The maximum atomic E-state index is 11.1. The molecule has 0 radical (unpaired) electrons. The zero-order chi connectivity index (χ0) is 15.5. The summed E-state index contributed by atoms with van der Waals surface area (Å²) in [5, 5.41) is 0.910. The number of unbranched alkanes of at least 4 members (excludes halogenated alkanes) is 3. The number of benzene rings is 1. The summed E-state index contributed by atoms with van der Waals surface area (Å²) in [6.07, 6.45) is 4.72. The van der Waals surface area contributed by atoms with Crippen molar-refractivity contribution in [2.75, 3.05) is 6.61 Å². The highest BCUT2D eigenvalue weighted by atomic mass is 35.5. The lowest BCUT2D eigenvalue weighted by molar-refractivity contribution is 0.305. The third-order valence-electron chi connectivity index (χ3n) is 2.86. The summed E-state index contributed by atoms with van der Waals surface area (Å²) in [6.45, 7) is 2.90. The molecule has 5 heteroatoms. The fraction of sp³-hybridized carbons (Fsp3) is 0.375. The lowest BCUT2D eigenvalue weighted by Crippen LogP contribution is -1.98. The Morgan fingerprint density at radius 2 is 1.90 bits per heavy atom. The molecule has 21 heavy (non-hydrogen) atoms. The standard InChI is InChI=1S/C15H18O3.CHClO/c1-2-3-4-5-10-17-13-8-6-12-7-9-15(16)18-14(12)11-13;2-1-3/h6-9,11H,2-5,10H2,1H3;1H. The maximum Gasteiger partial charge on any atom is 0.336 e. The quantitative estimate of drug-likeness (QED) is 0.348. The Balaban J connectivity index is 0.000000677. The molecule has 0 bridgehead atoms. The second kappa shape index (κ2) is 10.00. The van der Waals surface area contributed by atoms with Crippen molar-refractivity contribution in [3.63, 3.8) is 0 Å². The second-order valence-corrected chi connectivity index (χ2v) is 4.63. The molecule has 1 aromatic carbocycles. The van der Waals surface area contributed by atoms with Crippen LogP contribution in [0.1, 0.15) is 32.6 Å². The number of rotatable bonds is 6. The van der Waals surface area contributed by atoms with Crippen molar-refractivity contribution in [1.29, 1.82) is 0 Å². The molecule has 1 heterocycles. The van der Waals surface area contributed by atoms with E-state index < -0.39 is 0 Å². The van der Waals surface area contributed by atoms with Crippen molar-refractivity contribution < 1.29 is 13.9 Å². The van der Waals surface area contributed by atoms with E-state index in [1.165, 1.54) is 25.3 Å². The van der Waals surface area contributed by atoms with E-state index in [1.54, 1.807) is 12.1 Å². The molecule has 114 valence electrons. The lowest BCUT2D eigenvalue weighted by Gasteiger charge is -2.06. The van der Waals surface area contributed by atoms with Crippen molar-refractivity contribution in [3.8, 4) is 5.75 Å². The maximum absolute atomic E-state index is 11.1. The summed E-state index contributed by atoms with van der Waals surface area (Å²) in [5.41, 5.74) is 0.246. The van der Waals surface area contributed by atoms with Crippen LogP contribution in [0.4, 0.5) is 0 Å². The molecule has 0 amide bonds. The molecule has 4 nitrogen and oxygen atoms in total. The van der Waals surface area contributed by atoms with Crippen molar-refractivity contribution in [2.24, 2.45) is 0 Å². The Morgan fingerprint density at radius 1 is 1.19 bits per heavy atom. The first kappa shape index (κ1) is 17.2. The van der Waals surface area contributed by atoms with Crippen LogP contribution in [-0.2, 0) is 4.79 Å². The molecule has 1 aromatic heterocycles. The highest BCUT2D eigenvalue weighted by Crippen LogP contribution is 2.19. The summed E-state index contributed by atoms with van der Waals surface area (Å²) in [5.74, 6) is 0.980. The monoisotopic (exact) mass is 310 g/mol. The number of hydrogen-bond donors (Lipinski definition) is 0. The fourth-order valence-corrected chi connectivity index (χ4v) is 1.85. The van der Waals surface area contributed by atoms with Gasteiger partial charge in [-0.3, -0.25) is 4.79 Å². The molecule has 0 atom stereocenters. The highest BCUT2D eigenvalue weighted by molar-refractivity contribution is 6.54. The smallest absolute Gasteiger partial charge is 0.336 e. The average Bonchev–Trinajstić information content (AvgIpc) is 2.47. The van der Waals surface area contributed by atoms with Gasteiger partial charge in [0, 0.05) is 17.5 Å². The van der Waals surface area contributed by atoms with Crippen LogP contribution in [0.5, 0.6) is 5.75 Å². The van der Waals surface area contributed by atoms with Gasteiger partial charge in [-0.05, 0) is 36.2 Å². The fourth-order valence-electron chi connectivity index (χ4n) is 1.85. The molecule has 0 saturated carbocycles. The van der Waals surface area contributed by atoms with Gasteiger partial charge in [0.2, 0.25) is 5.75 Å². The van der Waals surface area contributed by atoms with Gasteiger partial charge in [-0.2, -0.15) is 0 Å². The number of carbonyl (C=O) groups excluding carboxylic acids is 1. The average molecular weight is 311 g/mol. The molecular formula is C16H19ClO4. The Hall–Kier alpha value is -1.81. The first-order valence-electron chi connectivity index (χ1n) is 6.91. The number of ether oxygens (including phenoxy) is 1. The second-order valence-electron chi connectivity index (χ2n) is 4.45. The minimum absolute atomic E-state index is 0.222. The lowest BCUT2D eigenvalue weighted by atomic mass is 10.2. The normalized spacial score (nSPS) is 9.81. The van der Waals surface area contributed by atoms with Gasteiger partial charge < -0.3 is 9.15 Å². The van der Waals surface area contributed by atoms with Gasteiger partial charge >= 0.3 is 5.63 Å². The largest absolute Gasteiger partial charge is 0.493 e. The molecule has 0 aliphatic heterocycles. The Morgan fingerprint density at radius 3 is 2.62 bits per heavy atom. The van der Waals surface area contributed by atoms with Crippen molar-refractivity contribution in [1.82, 2.24) is 0 Å². The van der Waals surface area contributed by atoms with Crippen LogP contribution in [0.2, 0.25) is 0 Å². The number of carbonyl (C=O) groups is 1. The summed E-state index contributed by atoms with van der Waals surface area (Å²) < 4.78 is 10.8. The molecule has 2 rings (SSSR count). The SMILES string of the molecule is CCCCCCOc1ccc2ccc(=O)oc2c1.O=CCl. The Bertz CT molecular complexity index is 606. The molecule has 0 spiro atoms. The molecular weight excluding hydrogens is 292 g/mol. The molecule has 0 saturated heterocycles. The topological polar surface area (TPSA) is 56.5 Å². The minimum atomic E-state index is -0.331. The minimum Gasteiger partial charge on any atom is -0.493 e. The first-order valence-corrected chi connectivity index (χ1v) is 7.35. The van der Waals surface area contributed by atoms with Crippen LogP contribution in [0.25, 0.3) is 11.0 Å². The number of halogens is 1. The Kier molecular flexibility index (Phi) is 8.21. The van der Waals surface area contributed by atoms with E-state index in [-0.39, 0.29) is 11.4 Å². The van der Waals surface area contributed by atoms with Crippen molar-refractivity contribution in [3.05, 3.63) is 40.8 Å². The van der Waals surface area contributed by atoms with E-state index in [4.69, 9.17) is 13.9 Å². The third-order valence-corrected chi connectivity index (χ3v) is 2.86. The number of fused-ring (bicyclic) bond motifs is 1. The molecule has 2 aromatic rings. The van der Waals surface area contributed by atoms with Crippen LogP contribution < -0.4 is 10.4 Å². The summed E-state index contributed by atoms with van der Waals surface area (Å²) in [6, 6.07) is 8.76. The zero-order valence-corrected chi connectivity index (χ0v) is 12.8. The van der Waals surface area contributed by atoms with E-state index in [0.717, 1.165) is 17.6 Å². The van der Waals surface area contributed by atoms with E-state index >= 15 is 0 Å². The van der Waals surface area contributed by atoms with Gasteiger partial charge in [-0.25, -0.2) is 4.79 Å². The summed E-state index contributed by atoms with van der Waals surface area (Å²) in [7, 11) is 0. The van der Waals surface area contributed by atoms with E-state index in [0.29, 0.717) is 12.2 Å². The molecule has 0 unspecified atom stereocenters. The van der Waals surface area contributed by atoms with Gasteiger partial charge in [0.15, 0.2) is 0 Å². The van der Waals surface area contributed by atoms with Gasteiger partial charge in [0.25, 0.3) is 0 Å². The van der Waals surface area contributed by atoms with Crippen molar-refractivity contribution in [2.45, 2.75) is 32.6 Å². The first-order chi connectivity index (χ1) is 10.2. The van der Waals surface area contributed by atoms with E-state index in [1.807, 2.05) is 12.1 Å². The summed E-state index contributed by atoms with van der Waals surface area (Å²) >= 11 is 4.32. The van der Waals surface area contributed by atoms with Crippen LogP contribution in [0, 0.1) is 0 Å². The predicted octanol–water partition coefficient (Wildman–Crippen LogP) is 4.17. The third kappa shape index (κ3) is 6.45. The van der Waals surface area contributed by atoms with E-state index in [9.17, 15) is 4.79 Å². The molecule has 0 aliphatic carbocycles. The number of hydrogen-bond acceptors (Lipinski definition) is 4. The van der Waals surface area contributed by atoms with Crippen LogP contribution in [-0.4, -0.2) is 12.4 Å². The highest BCUT2D eigenvalue weighted by Gasteiger charge is 2.00. The van der Waals surface area contributed by atoms with Crippen LogP contribution >= 0.6 is 11.6 Å². The summed E-state index contributed by atoms with van der Waals surface area (Å²) in [4.78, 5) is 19.7. The molecule has 0 N–H and O–H groups in total. The van der Waals surface area contributed by atoms with Crippen LogP contribution in [0.15, 0.2) is 39.5 Å². The molecule has 0 aliphatic rings. The van der Waals surface area contributed by atoms with E-state index in [2.05, 4.69) is 18.5 Å².